The van der Waals surface area contributed by atoms with Crippen molar-refractivity contribution in [1.29, 1.82) is 0 Å². The van der Waals surface area contributed by atoms with E-state index in [4.69, 9.17) is 9.47 Å². The molecule has 1 aliphatic carbocycles. The Bertz CT molecular complexity index is 593. The number of halogens is 1. The number of nitro groups is 1. The van der Waals surface area contributed by atoms with Crippen LogP contribution in [0.3, 0.4) is 0 Å². The van der Waals surface area contributed by atoms with Crippen LogP contribution in [0.4, 0.5) is 15.8 Å². The van der Waals surface area contributed by atoms with Crippen molar-refractivity contribution in [2.75, 3.05) is 19.5 Å². The number of ether oxygens (including phenoxy) is 2. The topological polar surface area (TPSA) is 90.7 Å². The molecule has 0 spiro atoms. The zero-order chi connectivity index (χ0) is 16.3. The van der Waals surface area contributed by atoms with Crippen LogP contribution in [0.2, 0.25) is 0 Å². The van der Waals surface area contributed by atoms with Gasteiger partial charge in [-0.05, 0) is 19.3 Å². The molecular weight excluding hydrogens is 295 g/mol. The molecule has 0 amide bonds. The summed E-state index contributed by atoms with van der Waals surface area (Å²) in [5.74, 6) is -1.37. The first-order valence-electron chi connectivity index (χ1n) is 6.82. The van der Waals surface area contributed by atoms with Crippen molar-refractivity contribution >= 4 is 17.3 Å². The quantitative estimate of drug-likeness (QED) is 0.510. The van der Waals surface area contributed by atoms with Crippen molar-refractivity contribution < 1.29 is 23.6 Å². The minimum atomic E-state index is -0.793. The molecule has 1 aromatic rings. The van der Waals surface area contributed by atoms with Gasteiger partial charge >= 0.3 is 5.97 Å². The van der Waals surface area contributed by atoms with Gasteiger partial charge in [-0.25, -0.2) is 4.39 Å². The molecule has 7 nitrogen and oxygen atoms in total. The lowest BCUT2D eigenvalue weighted by Crippen LogP contribution is -2.19. The van der Waals surface area contributed by atoms with Gasteiger partial charge in [-0.2, -0.15) is 0 Å². The van der Waals surface area contributed by atoms with Gasteiger partial charge < -0.3 is 14.8 Å². The molecule has 0 aromatic heterocycles. The summed E-state index contributed by atoms with van der Waals surface area (Å²) in [6.07, 6.45) is 1.84. The van der Waals surface area contributed by atoms with Gasteiger partial charge in [0.1, 0.15) is 5.69 Å². The fraction of sp³-hybridized carbons (Fsp3) is 0.500. The normalized spacial score (nSPS) is 20.5. The maximum atomic E-state index is 13.6. The predicted molar refractivity (Wildman–Crippen MR) is 76.4 cm³/mol. The van der Waals surface area contributed by atoms with Crippen LogP contribution >= 0.6 is 0 Å². The van der Waals surface area contributed by atoms with Gasteiger partial charge in [-0.15, -0.1) is 0 Å². The number of carbonyl (C=O) groups is 1. The van der Waals surface area contributed by atoms with Crippen LogP contribution in [0.25, 0.3) is 0 Å². The number of nitrogens with one attached hydrogen (secondary N) is 1. The number of anilines is 1. The third-order valence-electron chi connectivity index (χ3n) is 3.79. The van der Waals surface area contributed by atoms with Crippen molar-refractivity contribution in [3.05, 3.63) is 28.1 Å². The molecule has 0 saturated heterocycles. The lowest BCUT2D eigenvalue weighted by atomic mass is 10.1. The third-order valence-corrected chi connectivity index (χ3v) is 3.79. The molecule has 120 valence electrons. The molecule has 1 N–H and O–H groups in total. The summed E-state index contributed by atoms with van der Waals surface area (Å²) >= 11 is 0. The van der Waals surface area contributed by atoms with E-state index in [0.29, 0.717) is 19.3 Å². The van der Waals surface area contributed by atoms with Crippen molar-refractivity contribution in [3.63, 3.8) is 0 Å². The standard InChI is InChI=1S/C14H17FN2O5/c1-21-13-7-11(12(17(19)20)6-10(13)15)16-9-4-3-8(5-9)14(18)22-2/h6-9,16H,3-5H2,1-2H3/t8-,9+/m0/s1. The number of hydrogen-bond donors (Lipinski definition) is 1. The highest BCUT2D eigenvalue weighted by Crippen LogP contribution is 2.35. The van der Waals surface area contributed by atoms with Crippen LogP contribution in [0.1, 0.15) is 19.3 Å². The highest BCUT2D eigenvalue weighted by atomic mass is 19.1. The van der Waals surface area contributed by atoms with E-state index in [1.807, 2.05) is 0 Å². The number of nitrogens with zero attached hydrogens (tertiary/aromatic N) is 1. The number of methoxy groups -OCH3 is 2. The smallest absolute Gasteiger partial charge is 0.308 e. The van der Waals surface area contributed by atoms with Crippen LogP contribution in [0.5, 0.6) is 5.75 Å². The maximum absolute atomic E-state index is 13.6. The summed E-state index contributed by atoms with van der Waals surface area (Å²) in [5, 5.41) is 14.1. The Kier molecular flexibility index (Phi) is 4.79. The minimum Gasteiger partial charge on any atom is -0.494 e. The summed E-state index contributed by atoms with van der Waals surface area (Å²) in [4.78, 5) is 21.9. The van der Waals surface area contributed by atoms with Crippen molar-refractivity contribution in [2.45, 2.75) is 25.3 Å². The Morgan fingerprint density at radius 1 is 1.41 bits per heavy atom. The molecule has 0 radical (unpaired) electrons. The first kappa shape index (κ1) is 16.0. The Morgan fingerprint density at radius 2 is 2.14 bits per heavy atom. The van der Waals surface area contributed by atoms with E-state index in [1.54, 1.807) is 0 Å². The van der Waals surface area contributed by atoms with Gasteiger partial charge in [0.25, 0.3) is 5.69 Å². The van der Waals surface area contributed by atoms with E-state index < -0.39 is 10.7 Å². The zero-order valence-electron chi connectivity index (χ0n) is 12.3. The van der Waals surface area contributed by atoms with Gasteiger partial charge in [-0.1, -0.05) is 0 Å². The zero-order valence-corrected chi connectivity index (χ0v) is 12.3. The van der Waals surface area contributed by atoms with Crippen molar-refractivity contribution in [2.24, 2.45) is 5.92 Å². The monoisotopic (exact) mass is 312 g/mol. The fourth-order valence-corrected chi connectivity index (χ4v) is 2.68. The lowest BCUT2D eigenvalue weighted by molar-refractivity contribution is -0.384. The molecule has 8 heteroatoms. The van der Waals surface area contributed by atoms with Gasteiger partial charge in [0.2, 0.25) is 0 Å². The number of hydrogen-bond acceptors (Lipinski definition) is 6. The van der Waals surface area contributed by atoms with E-state index in [1.165, 1.54) is 20.3 Å². The van der Waals surface area contributed by atoms with E-state index in [0.717, 1.165) is 6.07 Å². The van der Waals surface area contributed by atoms with Gasteiger partial charge in [0.05, 0.1) is 31.1 Å². The van der Waals surface area contributed by atoms with Crippen LogP contribution in [-0.2, 0) is 9.53 Å². The largest absolute Gasteiger partial charge is 0.494 e. The molecule has 22 heavy (non-hydrogen) atoms. The highest BCUT2D eigenvalue weighted by Gasteiger charge is 2.32. The van der Waals surface area contributed by atoms with E-state index in [-0.39, 0.29) is 35.1 Å². The van der Waals surface area contributed by atoms with Crippen LogP contribution in [0, 0.1) is 21.8 Å². The number of nitro benzene ring substituents is 1. The number of esters is 1. The average molecular weight is 312 g/mol. The van der Waals surface area contributed by atoms with E-state index in [9.17, 15) is 19.3 Å². The molecular formula is C14H17FN2O5. The van der Waals surface area contributed by atoms with Crippen molar-refractivity contribution in [1.82, 2.24) is 0 Å². The molecule has 2 rings (SSSR count). The highest BCUT2D eigenvalue weighted by molar-refractivity contribution is 5.73. The second-order valence-electron chi connectivity index (χ2n) is 5.14. The maximum Gasteiger partial charge on any atom is 0.308 e. The van der Waals surface area contributed by atoms with Crippen LogP contribution in [-0.4, -0.2) is 31.2 Å². The Morgan fingerprint density at radius 3 is 2.73 bits per heavy atom. The van der Waals surface area contributed by atoms with E-state index in [2.05, 4.69) is 5.32 Å². The first-order valence-corrected chi connectivity index (χ1v) is 6.82. The second kappa shape index (κ2) is 6.59. The molecule has 1 aromatic carbocycles. The average Bonchev–Trinajstić information content (AvgIpc) is 2.96. The number of benzene rings is 1. The van der Waals surface area contributed by atoms with Gasteiger partial charge in [0.15, 0.2) is 11.6 Å². The molecule has 0 heterocycles. The molecule has 1 aliphatic rings. The number of carbonyl (C=O) groups excluding carboxylic acids is 1. The van der Waals surface area contributed by atoms with Gasteiger partial charge in [-0.3, -0.25) is 14.9 Å². The SMILES string of the molecule is COC(=O)[C@H]1CC[C@@H](Nc2cc(OC)c(F)cc2[N+](=O)[O-])C1. The number of rotatable bonds is 5. The summed E-state index contributed by atoms with van der Waals surface area (Å²) < 4.78 is 23.2. The molecule has 2 atom stereocenters. The predicted octanol–water partition coefficient (Wildman–Crippen LogP) is 2.50. The van der Waals surface area contributed by atoms with Crippen LogP contribution in [0.15, 0.2) is 12.1 Å². The van der Waals surface area contributed by atoms with E-state index >= 15 is 0 Å². The Balaban J connectivity index is 2.19. The molecule has 1 fully saturated rings. The first-order chi connectivity index (χ1) is 10.5. The second-order valence-corrected chi connectivity index (χ2v) is 5.14. The third kappa shape index (κ3) is 3.26. The molecule has 0 bridgehead atoms. The van der Waals surface area contributed by atoms with Crippen molar-refractivity contribution in [3.8, 4) is 5.75 Å². The summed E-state index contributed by atoms with van der Waals surface area (Å²) in [6.45, 7) is 0. The molecule has 1 saturated carbocycles. The van der Waals surface area contributed by atoms with Gasteiger partial charge in [0, 0.05) is 12.1 Å². The Labute approximate surface area is 126 Å². The minimum absolute atomic E-state index is 0.0735. The fourth-order valence-electron chi connectivity index (χ4n) is 2.68. The molecule has 0 unspecified atom stereocenters. The summed E-state index contributed by atoms with van der Waals surface area (Å²) in [5.41, 5.74) is -0.182. The lowest BCUT2D eigenvalue weighted by Gasteiger charge is -2.15. The molecule has 0 aliphatic heterocycles. The van der Waals surface area contributed by atoms with Crippen LogP contribution < -0.4 is 10.1 Å². The summed E-state index contributed by atoms with van der Waals surface area (Å²) in [7, 11) is 2.62. The summed E-state index contributed by atoms with van der Waals surface area (Å²) in [6, 6.07) is 1.98. The Hall–Kier alpha value is -2.38.